The van der Waals surface area contributed by atoms with E-state index in [0.29, 0.717) is 12.1 Å². The van der Waals surface area contributed by atoms with Crippen molar-refractivity contribution in [3.63, 3.8) is 0 Å². The van der Waals surface area contributed by atoms with Crippen molar-refractivity contribution in [2.75, 3.05) is 19.6 Å². The van der Waals surface area contributed by atoms with Gasteiger partial charge < -0.3 is 10.6 Å². The topological polar surface area (TPSA) is 44.4 Å². The quantitative estimate of drug-likeness (QED) is 0.464. The van der Waals surface area contributed by atoms with E-state index < -0.39 is 0 Å². The Labute approximate surface area is 211 Å². The number of aryl methyl sites for hydroxylation is 1. The van der Waals surface area contributed by atoms with Gasteiger partial charge in [0.15, 0.2) is 0 Å². The molecule has 5 rings (SSSR count). The number of amides is 1. The summed E-state index contributed by atoms with van der Waals surface area (Å²) < 4.78 is 0. The van der Waals surface area contributed by atoms with Gasteiger partial charge in [0.25, 0.3) is 5.91 Å². The smallest absolute Gasteiger partial charge is 0.252 e. The first-order valence-electron chi connectivity index (χ1n) is 14.1. The van der Waals surface area contributed by atoms with E-state index in [1.807, 2.05) is 18.2 Å². The molecule has 0 saturated carbocycles. The molecule has 0 bridgehead atoms. The molecule has 2 fully saturated rings. The van der Waals surface area contributed by atoms with E-state index in [1.54, 1.807) is 0 Å². The lowest BCUT2D eigenvalue weighted by molar-refractivity contribution is 0.0542. The second-order valence-electron chi connectivity index (χ2n) is 11.1. The molecule has 2 saturated heterocycles. The monoisotopic (exact) mass is 473 g/mol. The number of hydrogen-bond acceptors (Lipinski definition) is 3. The van der Waals surface area contributed by atoms with Crippen molar-refractivity contribution in [1.29, 1.82) is 0 Å². The largest absolute Gasteiger partial charge is 0.346 e. The van der Waals surface area contributed by atoms with E-state index >= 15 is 0 Å². The highest BCUT2D eigenvalue weighted by atomic mass is 16.1. The number of carbonyl (C=O) groups is 1. The number of carbonyl (C=O) groups excluding carboxylic acids is 1. The highest BCUT2D eigenvalue weighted by molar-refractivity contribution is 5.97. The molecule has 4 heteroatoms. The number of nitrogens with zero attached hydrogens (tertiary/aromatic N) is 1. The van der Waals surface area contributed by atoms with Crippen LogP contribution in [0, 0.1) is 5.92 Å². The first-order chi connectivity index (χ1) is 17.1. The van der Waals surface area contributed by atoms with E-state index in [2.05, 4.69) is 53.6 Å². The van der Waals surface area contributed by atoms with Crippen LogP contribution in [0.2, 0.25) is 0 Å². The van der Waals surface area contributed by atoms with Crippen molar-refractivity contribution in [1.82, 2.24) is 15.5 Å². The van der Waals surface area contributed by atoms with Gasteiger partial charge in [0.05, 0.1) is 6.04 Å². The van der Waals surface area contributed by atoms with Crippen molar-refractivity contribution in [3.05, 3.63) is 70.3 Å². The third-order valence-electron chi connectivity index (χ3n) is 8.65. The second kappa shape index (κ2) is 11.3. The third-order valence-corrected chi connectivity index (χ3v) is 8.65. The van der Waals surface area contributed by atoms with Crippen LogP contribution in [-0.4, -0.2) is 36.5 Å². The normalized spacial score (nSPS) is 24.7. The third kappa shape index (κ3) is 5.49. The van der Waals surface area contributed by atoms with Crippen LogP contribution in [0.4, 0.5) is 0 Å². The Bertz CT molecular complexity index is 1000. The summed E-state index contributed by atoms with van der Waals surface area (Å²) in [6, 6.07) is 15.9. The second-order valence-corrected chi connectivity index (χ2v) is 11.1. The van der Waals surface area contributed by atoms with Gasteiger partial charge in [-0.3, -0.25) is 9.69 Å². The molecule has 0 aromatic heterocycles. The van der Waals surface area contributed by atoms with Gasteiger partial charge in [0, 0.05) is 30.7 Å². The van der Waals surface area contributed by atoms with Crippen molar-refractivity contribution in [3.8, 4) is 0 Å². The lowest BCUT2D eigenvalue weighted by atomic mass is 9.75. The van der Waals surface area contributed by atoms with Crippen LogP contribution >= 0.6 is 0 Å². The van der Waals surface area contributed by atoms with Crippen LogP contribution in [0.3, 0.4) is 0 Å². The van der Waals surface area contributed by atoms with Crippen molar-refractivity contribution in [2.24, 2.45) is 5.92 Å². The fourth-order valence-electron chi connectivity index (χ4n) is 6.71. The first-order valence-corrected chi connectivity index (χ1v) is 14.1. The molecule has 3 aliphatic rings. The summed E-state index contributed by atoms with van der Waals surface area (Å²) in [5.74, 6) is 0.850. The summed E-state index contributed by atoms with van der Waals surface area (Å²) >= 11 is 0. The van der Waals surface area contributed by atoms with E-state index in [-0.39, 0.29) is 11.9 Å². The standard InChI is InChI=1S/C31H43N3O/c1-3-4-5-7-11-23-18-25-15-17-34-21-26-14-10-16-32-28(26)20-29(34)30(25)27(19-23)31(35)33-22(2)24-12-8-6-9-13-24/h6,8-9,12-13,18-19,22,26,28-29,32H,3-5,7,10-11,14-17,20-21H2,1-2H3,(H,33,35)/t22-,26-,28+,29+/m1/s1. The molecule has 2 aromatic carbocycles. The van der Waals surface area contributed by atoms with E-state index in [1.165, 1.54) is 61.8 Å². The Morgan fingerprint density at radius 3 is 2.86 bits per heavy atom. The van der Waals surface area contributed by atoms with E-state index in [0.717, 1.165) is 49.4 Å². The van der Waals surface area contributed by atoms with Crippen molar-refractivity contribution in [2.45, 2.75) is 89.8 Å². The molecule has 4 nitrogen and oxygen atoms in total. The summed E-state index contributed by atoms with van der Waals surface area (Å²) in [4.78, 5) is 16.5. The van der Waals surface area contributed by atoms with Gasteiger partial charge in [-0.25, -0.2) is 0 Å². The average Bonchev–Trinajstić information content (AvgIpc) is 2.89. The van der Waals surface area contributed by atoms with Gasteiger partial charge in [0.2, 0.25) is 0 Å². The number of benzene rings is 2. The molecule has 4 atom stereocenters. The number of nitrogens with one attached hydrogen (secondary N) is 2. The maximum Gasteiger partial charge on any atom is 0.252 e. The minimum absolute atomic E-state index is 0.0111. The van der Waals surface area contributed by atoms with Gasteiger partial charge in [-0.1, -0.05) is 62.6 Å². The molecule has 0 spiro atoms. The van der Waals surface area contributed by atoms with Crippen LogP contribution in [0.5, 0.6) is 0 Å². The Morgan fingerprint density at radius 2 is 2.03 bits per heavy atom. The Kier molecular flexibility index (Phi) is 7.89. The zero-order valence-corrected chi connectivity index (χ0v) is 21.7. The molecule has 0 unspecified atom stereocenters. The molecule has 0 radical (unpaired) electrons. The summed E-state index contributed by atoms with van der Waals surface area (Å²) in [6.07, 6.45) is 10.9. The fourth-order valence-corrected chi connectivity index (χ4v) is 6.71. The van der Waals surface area contributed by atoms with Crippen LogP contribution in [-0.2, 0) is 12.8 Å². The van der Waals surface area contributed by atoms with Crippen LogP contribution < -0.4 is 10.6 Å². The first kappa shape index (κ1) is 24.5. The van der Waals surface area contributed by atoms with Crippen molar-refractivity contribution < 1.29 is 4.79 Å². The summed E-state index contributed by atoms with van der Waals surface area (Å²) in [7, 11) is 0. The number of hydrogen-bond donors (Lipinski definition) is 2. The predicted molar refractivity (Wildman–Crippen MR) is 144 cm³/mol. The zero-order chi connectivity index (χ0) is 24.2. The molecule has 1 amide bonds. The van der Waals surface area contributed by atoms with E-state index in [9.17, 15) is 4.79 Å². The molecular formula is C31H43N3O. The number of piperidine rings is 2. The highest BCUT2D eigenvalue weighted by Gasteiger charge is 2.41. The minimum atomic E-state index is -0.0111. The maximum atomic E-state index is 13.8. The lowest BCUT2D eigenvalue weighted by Crippen LogP contribution is -2.55. The molecule has 2 N–H and O–H groups in total. The van der Waals surface area contributed by atoms with Crippen LogP contribution in [0.25, 0.3) is 0 Å². The van der Waals surface area contributed by atoms with Gasteiger partial charge in [-0.05, 0) is 86.2 Å². The van der Waals surface area contributed by atoms with Gasteiger partial charge >= 0.3 is 0 Å². The molecular weight excluding hydrogens is 430 g/mol. The number of unbranched alkanes of at least 4 members (excludes halogenated alkanes) is 3. The number of fused-ring (bicyclic) bond motifs is 4. The fraction of sp³-hybridized carbons (Fsp3) is 0.581. The van der Waals surface area contributed by atoms with Crippen molar-refractivity contribution >= 4 is 5.91 Å². The molecule has 2 aromatic rings. The SMILES string of the molecule is CCCCCCc1cc2c(c(C(=O)N[C@H](C)c3ccccc3)c1)[C@@H]1C[C@@H]3NCCC[C@@H]3CN1CC2. The number of rotatable bonds is 8. The summed E-state index contributed by atoms with van der Waals surface area (Å²) in [5, 5.41) is 7.16. The Morgan fingerprint density at radius 1 is 1.17 bits per heavy atom. The summed E-state index contributed by atoms with van der Waals surface area (Å²) in [6.45, 7) is 7.79. The predicted octanol–water partition coefficient (Wildman–Crippen LogP) is 5.97. The summed E-state index contributed by atoms with van der Waals surface area (Å²) in [5.41, 5.74) is 6.16. The van der Waals surface area contributed by atoms with Crippen LogP contribution in [0.15, 0.2) is 42.5 Å². The van der Waals surface area contributed by atoms with E-state index in [4.69, 9.17) is 0 Å². The van der Waals surface area contributed by atoms with Crippen LogP contribution in [0.1, 0.15) is 103 Å². The lowest BCUT2D eigenvalue weighted by Gasteiger charge is -2.49. The van der Waals surface area contributed by atoms with Gasteiger partial charge in [-0.2, -0.15) is 0 Å². The molecule has 0 aliphatic carbocycles. The maximum absolute atomic E-state index is 13.8. The minimum Gasteiger partial charge on any atom is -0.346 e. The average molecular weight is 474 g/mol. The molecule has 35 heavy (non-hydrogen) atoms. The van der Waals surface area contributed by atoms with Gasteiger partial charge in [0.1, 0.15) is 0 Å². The Balaban J connectivity index is 1.44. The molecule has 3 heterocycles. The molecule has 3 aliphatic heterocycles. The Hall–Kier alpha value is -2.17. The van der Waals surface area contributed by atoms with Gasteiger partial charge in [-0.15, -0.1) is 0 Å². The zero-order valence-electron chi connectivity index (χ0n) is 21.7. The molecule has 188 valence electrons. The highest BCUT2D eigenvalue weighted by Crippen LogP contribution is 2.42.